The van der Waals surface area contributed by atoms with Crippen LogP contribution < -0.4 is 10.9 Å². The fourth-order valence-corrected chi connectivity index (χ4v) is 4.16. The Morgan fingerprint density at radius 3 is 2.83 bits per heavy atom. The average molecular weight is 373 g/mol. The molecule has 0 saturated heterocycles. The number of anilines is 1. The zero-order valence-corrected chi connectivity index (χ0v) is 14.2. The second-order valence-electron chi connectivity index (χ2n) is 6.25. The molecule has 4 rings (SSSR count). The molecule has 0 spiro atoms. The van der Waals surface area contributed by atoms with Crippen molar-refractivity contribution in [1.82, 2.24) is 4.57 Å². The van der Waals surface area contributed by atoms with Crippen LogP contribution in [0.15, 0.2) is 45.7 Å². The number of nitrogens with zero attached hydrogens (tertiary/aromatic N) is 1. The van der Waals surface area contributed by atoms with Gasteiger partial charge in [0.2, 0.25) is 0 Å². The Labute approximate surface area is 142 Å². The predicted octanol–water partition coefficient (Wildman–Crippen LogP) is 3.75. The van der Waals surface area contributed by atoms with E-state index in [2.05, 4.69) is 21.2 Å². The van der Waals surface area contributed by atoms with Crippen molar-refractivity contribution in [1.29, 1.82) is 0 Å². The van der Waals surface area contributed by atoms with Crippen LogP contribution in [0.2, 0.25) is 0 Å². The monoisotopic (exact) mass is 372 g/mol. The minimum absolute atomic E-state index is 0.0207. The smallest absolute Gasteiger partial charge is 0.252 e. The van der Waals surface area contributed by atoms with E-state index in [1.54, 1.807) is 16.7 Å². The Morgan fingerprint density at radius 1 is 1.17 bits per heavy atom. The summed E-state index contributed by atoms with van der Waals surface area (Å²) in [4.78, 5) is 25.2. The van der Waals surface area contributed by atoms with Crippen LogP contribution in [0.4, 0.5) is 5.82 Å². The highest BCUT2D eigenvalue weighted by molar-refractivity contribution is 9.10. The first-order valence-electron chi connectivity index (χ1n) is 7.97. The second kappa shape index (κ2) is 5.64. The Balaban J connectivity index is 1.81. The fraction of sp³-hybridized carbons (Fsp3) is 0.333. The molecule has 0 radical (unpaired) electrons. The van der Waals surface area contributed by atoms with Gasteiger partial charge in [-0.15, -0.1) is 0 Å². The van der Waals surface area contributed by atoms with Gasteiger partial charge in [0.1, 0.15) is 5.82 Å². The number of fused-ring (bicyclic) bond motifs is 3. The Hall–Kier alpha value is -1.88. The molecule has 1 N–H and O–H groups in total. The van der Waals surface area contributed by atoms with Gasteiger partial charge in [-0.05, 0) is 31.0 Å². The Morgan fingerprint density at radius 2 is 2.00 bits per heavy atom. The minimum atomic E-state index is -0.0544. The zero-order chi connectivity index (χ0) is 16.0. The third kappa shape index (κ3) is 2.43. The summed E-state index contributed by atoms with van der Waals surface area (Å²) < 4.78 is 2.67. The molecule has 0 amide bonds. The molecule has 23 heavy (non-hydrogen) atoms. The lowest BCUT2D eigenvalue weighted by Crippen LogP contribution is -2.29. The van der Waals surface area contributed by atoms with Crippen molar-refractivity contribution in [3.63, 3.8) is 0 Å². The van der Waals surface area contributed by atoms with Gasteiger partial charge in [-0.3, -0.25) is 14.2 Å². The molecular formula is C18H17BrN2O2. The van der Waals surface area contributed by atoms with Gasteiger partial charge in [0, 0.05) is 22.1 Å². The quantitative estimate of drug-likeness (QED) is 0.816. The number of rotatable bonds is 2. The SMILES string of the molecule is O=C(c1cccc(Br)c1)c1ccc(=O)n2c1N[C@H]1CCCC[C@@H]12. The first-order valence-corrected chi connectivity index (χ1v) is 8.77. The van der Waals surface area contributed by atoms with Crippen LogP contribution in [-0.4, -0.2) is 16.4 Å². The van der Waals surface area contributed by atoms with Gasteiger partial charge in [-0.25, -0.2) is 0 Å². The molecule has 2 aliphatic rings. The van der Waals surface area contributed by atoms with Gasteiger partial charge in [-0.2, -0.15) is 0 Å². The maximum atomic E-state index is 12.9. The summed E-state index contributed by atoms with van der Waals surface area (Å²) >= 11 is 3.40. The number of carbonyl (C=O) groups excluding carboxylic acids is 1. The van der Waals surface area contributed by atoms with E-state index in [0.717, 1.165) is 23.7 Å². The largest absolute Gasteiger partial charge is 0.366 e. The molecule has 1 fully saturated rings. The van der Waals surface area contributed by atoms with Crippen molar-refractivity contribution in [2.45, 2.75) is 37.8 Å². The number of carbonyl (C=O) groups is 1. The number of halogens is 1. The molecule has 1 aliphatic carbocycles. The van der Waals surface area contributed by atoms with Crippen molar-refractivity contribution in [3.8, 4) is 0 Å². The van der Waals surface area contributed by atoms with Crippen molar-refractivity contribution in [2.75, 3.05) is 5.32 Å². The molecule has 0 unspecified atom stereocenters. The molecule has 2 atom stereocenters. The number of ketones is 1. The van der Waals surface area contributed by atoms with Crippen molar-refractivity contribution < 1.29 is 4.79 Å². The van der Waals surface area contributed by atoms with E-state index >= 15 is 0 Å². The van der Waals surface area contributed by atoms with Crippen LogP contribution in [0.1, 0.15) is 47.6 Å². The van der Waals surface area contributed by atoms with Crippen molar-refractivity contribution >= 4 is 27.5 Å². The lowest BCUT2D eigenvalue weighted by molar-refractivity contribution is 0.103. The molecule has 1 aromatic heterocycles. The van der Waals surface area contributed by atoms with E-state index in [-0.39, 0.29) is 23.4 Å². The third-order valence-electron chi connectivity index (χ3n) is 4.84. The van der Waals surface area contributed by atoms with Gasteiger partial charge in [-0.1, -0.05) is 40.9 Å². The summed E-state index contributed by atoms with van der Waals surface area (Å²) in [5, 5.41) is 3.44. The van der Waals surface area contributed by atoms with Gasteiger partial charge in [0.05, 0.1) is 11.6 Å². The zero-order valence-electron chi connectivity index (χ0n) is 12.6. The summed E-state index contributed by atoms with van der Waals surface area (Å²) in [7, 11) is 0. The number of benzene rings is 1. The van der Waals surface area contributed by atoms with Crippen LogP contribution in [0.5, 0.6) is 0 Å². The summed E-state index contributed by atoms with van der Waals surface area (Å²) in [5.74, 6) is 0.639. The van der Waals surface area contributed by atoms with Gasteiger partial charge < -0.3 is 5.32 Å². The number of aromatic nitrogens is 1. The standard InChI is InChI=1S/C18H17BrN2O2/c19-12-5-3-4-11(10-12)17(23)13-8-9-16(22)21-15-7-2-1-6-14(15)20-18(13)21/h3-5,8-10,14-15,20H,1-2,6-7H2/t14-,15-/m0/s1. The Kier molecular flexibility index (Phi) is 3.60. The molecule has 5 heteroatoms. The summed E-state index contributed by atoms with van der Waals surface area (Å²) in [6.07, 6.45) is 4.36. The molecule has 1 aliphatic heterocycles. The maximum Gasteiger partial charge on any atom is 0.252 e. The van der Waals surface area contributed by atoms with E-state index in [9.17, 15) is 9.59 Å². The lowest BCUT2D eigenvalue weighted by atomic mass is 9.91. The number of hydrogen-bond acceptors (Lipinski definition) is 3. The maximum absolute atomic E-state index is 12.9. The third-order valence-corrected chi connectivity index (χ3v) is 5.33. The van der Waals surface area contributed by atoms with E-state index in [1.807, 2.05) is 18.2 Å². The van der Waals surface area contributed by atoms with E-state index in [0.29, 0.717) is 16.9 Å². The van der Waals surface area contributed by atoms with E-state index in [1.165, 1.54) is 12.5 Å². The summed E-state index contributed by atoms with van der Waals surface area (Å²) in [6.45, 7) is 0. The molecule has 1 saturated carbocycles. The highest BCUT2D eigenvalue weighted by Crippen LogP contribution is 2.38. The van der Waals surface area contributed by atoms with Gasteiger partial charge in [0.25, 0.3) is 5.56 Å². The van der Waals surface area contributed by atoms with Crippen LogP contribution in [0.25, 0.3) is 0 Å². The predicted molar refractivity (Wildman–Crippen MR) is 93.2 cm³/mol. The topological polar surface area (TPSA) is 51.1 Å². The highest BCUT2D eigenvalue weighted by Gasteiger charge is 2.36. The second-order valence-corrected chi connectivity index (χ2v) is 7.16. The van der Waals surface area contributed by atoms with Crippen LogP contribution >= 0.6 is 15.9 Å². The first kappa shape index (κ1) is 14.7. The van der Waals surface area contributed by atoms with E-state index < -0.39 is 0 Å². The van der Waals surface area contributed by atoms with Crippen LogP contribution in [0.3, 0.4) is 0 Å². The van der Waals surface area contributed by atoms with Crippen LogP contribution in [-0.2, 0) is 0 Å². The van der Waals surface area contributed by atoms with Gasteiger partial charge in [0.15, 0.2) is 5.78 Å². The Bertz CT molecular complexity index is 843. The van der Waals surface area contributed by atoms with Crippen molar-refractivity contribution in [3.05, 3.63) is 62.4 Å². The fourth-order valence-electron chi connectivity index (χ4n) is 3.76. The number of nitrogens with one attached hydrogen (secondary N) is 1. The minimum Gasteiger partial charge on any atom is -0.366 e. The molecule has 2 heterocycles. The average Bonchev–Trinajstić information content (AvgIpc) is 2.95. The molecule has 1 aromatic carbocycles. The molecule has 0 bridgehead atoms. The first-order chi connectivity index (χ1) is 11.1. The number of pyridine rings is 1. The van der Waals surface area contributed by atoms with Crippen molar-refractivity contribution in [2.24, 2.45) is 0 Å². The molecule has 2 aromatic rings. The molecule has 4 nitrogen and oxygen atoms in total. The van der Waals surface area contributed by atoms with Gasteiger partial charge >= 0.3 is 0 Å². The lowest BCUT2D eigenvalue weighted by Gasteiger charge is -2.25. The number of hydrogen-bond donors (Lipinski definition) is 1. The van der Waals surface area contributed by atoms with Crippen LogP contribution in [0, 0.1) is 0 Å². The summed E-state index contributed by atoms with van der Waals surface area (Å²) in [6, 6.07) is 11.0. The molecular weight excluding hydrogens is 356 g/mol. The normalized spacial score (nSPS) is 22.1. The highest BCUT2D eigenvalue weighted by atomic mass is 79.9. The van der Waals surface area contributed by atoms with E-state index in [4.69, 9.17) is 0 Å². The summed E-state index contributed by atoms with van der Waals surface area (Å²) in [5.41, 5.74) is 1.18. The molecule has 118 valence electrons.